The number of hydrogen-bond donors (Lipinski definition) is 1. The average molecular weight is 382 g/mol. The number of amides is 1. The molecule has 3 heteroatoms. The van der Waals surface area contributed by atoms with Crippen molar-refractivity contribution >= 4 is 6.09 Å². The minimum Gasteiger partial charge on any atom is -0.446 e. The molecule has 3 nitrogen and oxygen atoms in total. The predicted octanol–water partition coefficient (Wildman–Crippen LogP) is 6.09. The van der Waals surface area contributed by atoms with Crippen molar-refractivity contribution in [3.05, 3.63) is 47.6 Å². The number of fused-ring (bicyclic) bond motifs is 3. The zero-order valence-corrected chi connectivity index (χ0v) is 17.6. The first-order valence-electron chi connectivity index (χ1n) is 11.2. The van der Waals surface area contributed by atoms with Crippen LogP contribution in [0.25, 0.3) is 0 Å². The Morgan fingerprint density at radius 3 is 2.89 bits per heavy atom. The summed E-state index contributed by atoms with van der Waals surface area (Å²) in [5.74, 6) is 2.06. The third kappa shape index (κ3) is 3.60. The van der Waals surface area contributed by atoms with Crippen molar-refractivity contribution in [2.24, 2.45) is 23.7 Å². The van der Waals surface area contributed by atoms with Gasteiger partial charge >= 0.3 is 6.09 Å². The molecule has 1 saturated carbocycles. The summed E-state index contributed by atoms with van der Waals surface area (Å²) in [5.41, 5.74) is 2.36. The molecule has 4 aliphatic rings. The standard InChI is InChI=1S/C25H35NO2/c1-17(2)21-14-11-18(3)16-23(21)28-24(27)26-25-15-7-6-9-20(25)13-12-19-8-4-5-10-22(19)25/h4-7,10,12,17-18,20-21,23H,8-9,11,13-16H2,1-3H3,(H,26,27). The second kappa shape index (κ2) is 7.93. The van der Waals surface area contributed by atoms with E-state index in [0.717, 1.165) is 38.5 Å². The highest BCUT2D eigenvalue weighted by Gasteiger charge is 2.47. The molecule has 1 amide bonds. The third-order valence-corrected chi connectivity index (χ3v) is 7.48. The summed E-state index contributed by atoms with van der Waals surface area (Å²) in [6, 6.07) is 0. The topological polar surface area (TPSA) is 38.3 Å². The summed E-state index contributed by atoms with van der Waals surface area (Å²) in [4.78, 5) is 13.2. The maximum absolute atomic E-state index is 13.2. The van der Waals surface area contributed by atoms with E-state index in [1.807, 2.05) is 0 Å². The summed E-state index contributed by atoms with van der Waals surface area (Å²) < 4.78 is 6.12. The number of carbonyl (C=O) groups excluding carboxylic acids is 1. The van der Waals surface area contributed by atoms with Gasteiger partial charge in [-0.1, -0.05) is 63.6 Å². The molecule has 1 fully saturated rings. The number of hydrogen-bond acceptors (Lipinski definition) is 2. The molecule has 0 bridgehead atoms. The normalized spacial score (nSPS) is 36.9. The zero-order chi connectivity index (χ0) is 19.7. The maximum Gasteiger partial charge on any atom is 0.408 e. The summed E-state index contributed by atoms with van der Waals surface area (Å²) in [5, 5.41) is 3.40. The summed E-state index contributed by atoms with van der Waals surface area (Å²) in [6.07, 6.45) is 20.5. The van der Waals surface area contributed by atoms with Crippen molar-refractivity contribution in [2.45, 2.75) is 77.4 Å². The lowest BCUT2D eigenvalue weighted by Crippen LogP contribution is -2.58. The molecule has 0 aromatic heterocycles. The van der Waals surface area contributed by atoms with E-state index in [1.165, 1.54) is 17.6 Å². The zero-order valence-electron chi connectivity index (χ0n) is 17.6. The van der Waals surface area contributed by atoms with Crippen molar-refractivity contribution in [1.29, 1.82) is 0 Å². The molecular weight excluding hydrogens is 346 g/mol. The molecule has 0 spiro atoms. The second-order valence-corrected chi connectivity index (χ2v) is 9.65. The molecule has 0 aromatic carbocycles. The van der Waals surface area contributed by atoms with Crippen molar-refractivity contribution in [3.8, 4) is 0 Å². The molecule has 0 saturated heterocycles. The second-order valence-electron chi connectivity index (χ2n) is 9.65. The van der Waals surface area contributed by atoms with Gasteiger partial charge in [-0.15, -0.1) is 0 Å². The van der Waals surface area contributed by atoms with Crippen LogP contribution in [0.3, 0.4) is 0 Å². The van der Waals surface area contributed by atoms with Crippen LogP contribution in [-0.2, 0) is 4.74 Å². The van der Waals surface area contributed by atoms with Gasteiger partial charge in [0.05, 0.1) is 5.54 Å². The lowest BCUT2D eigenvalue weighted by Gasteiger charge is -2.48. The molecule has 4 aliphatic carbocycles. The van der Waals surface area contributed by atoms with Crippen LogP contribution in [0.5, 0.6) is 0 Å². The van der Waals surface area contributed by atoms with Crippen molar-refractivity contribution in [1.82, 2.24) is 5.32 Å². The number of ether oxygens (including phenoxy) is 1. The average Bonchev–Trinajstić information content (AvgIpc) is 2.67. The van der Waals surface area contributed by atoms with Gasteiger partial charge in [-0.2, -0.15) is 0 Å². The first-order chi connectivity index (χ1) is 13.5. The number of rotatable bonds is 3. The Morgan fingerprint density at radius 2 is 2.07 bits per heavy atom. The van der Waals surface area contributed by atoms with Crippen LogP contribution in [-0.4, -0.2) is 17.7 Å². The van der Waals surface area contributed by atoms with Gasteiger partial charge in [-0.25, -0.2) is 4.79 Å². The van der Waals surface area contributed by atoms with Crippen LogP contribution >= 0.6 is 0 Å². The first-order valence-corrected chi connectivity index (χ1v) is 11.2. The maximum atomic E-state index is 13.2. The number of carbonyl (C=O) groups is 1. The van der Waals surface area contributed by atoms with Gasteiger partial charge < -0.3 is 10.1 Å². The fourth-order valence-corrected chi connectivity index (χ4v) is 5.83. The quantitative estimate of drug-likeness (QED) is 0.600. The number of nitrogens with one attached hydrogen (secondary N) is 1. The highest BCUT2D eigenvalue weighted by molar-refractivity contribution is 5.71. The molecule has 0 aromatic rings. The van der Waals surface area contributed by atoms with E-state index in [2.05, 4.69) is 62.5 Å². The van der Waals surface area contributed by atoms with E-state index in [0.29, 0.717) is 23.7 Å². The Morgan fingerprint density at radius 1 is 1.21 bits per heavy atom. The van der Waals surface area contributed by atoms with Crippen molar-refractivity contribution in [3.63, 3.8) is 0 Å². The summed E-state index contributed by atoms with van der Waals surface area (Å²) in [7, 11) is 0. The highest BCUT2D eigenvalue weighted by atomic mass is 16.6. The Bertz CT molecular complexity index is 729. The molecule has 0 aliphatic heterocycles. The smallest absolute Gasteiger partial charge is 0.408 e. The molecule has 0 radical (unpaired) electrons. The van der Waals surface area contributed by atoms with Gasteiger partial charge in [-0.05, 0) is 73.3 Å². The van der Waals surface area contributed by atoms with Gasteiger partial charge in [-0.3, -0.25) is 0 Å². The fourth-order valence-electron chi connectivity index (χ4n) is 5.83. The van der Waals surface area contributed by atoms with Crippen LogP contribution in [0.2, 0.25) is 0 Å². The van der Waals surface area contributed by atoms with Gasteiger partial charge in [0, 0.05) is 0 Å². The molecule has 4 rings (SSSR count). The molecule has 1 N–H and O–H groups in total. The molecule has 5 atom stereocenters. The minimum absolute atomic E-state index is 0.0385. The van der Waals surface area contributed by atoms with Gasteiger partial charge in [0.2, 0.25) is 0 Å². The third-order valence-electron chi connectivity index (χ3n) is 7.48. The Hall–Kier alpha value is -1.77. The Kier molecular flexibility index (Phi) is 5.53. The molecule has 152 valence electrons. The van der Waals surface area contributed by atoms with Crippen LogP contribution in [0, 0.1) is 23.7 Å². The van der Waals surface area contributed by atoms with Gasteiger partial charge in [0.25, 0.3) is 0 Å². The SMILES string of the molecule is CC1CCC(C(C)C)C(OC(=O)NC23CC=CCC2CC=C2CC=CC=C23)C1. The number of alkyl carbamates (subject to hydrolysis) is 1. The molecule has 28 heavy (non-hydrogen) atoms. The van der Waals surface area contributed by atoms with E-state index in [4.69, 9.17) is 4.74 Å². The fraction of sp³-hybridized carbons (Fsp3) is 0.640. The number of allylic oxidation sites excluding steroid dienone is 5. The summed E-state index contributed by atoms with van der Waals surface area (Å²) >= 11 is 0. The van der Waals surface area contributed by atoms with Crippen LogP contribution in [0.15, 0.2) is 47.6 Å². The molecule has 0 heterocycles. The lowest BCUT2D eigenvalue weighted by molar-refractivity contribution is 0.00140. The first kappa shape index (κ1) is 19.5. The van der Waals surface area contributed by atoms with E-state index >= 15 is 0 Å². The van der Waals surface area contributed by atoms with Gasteiger partial charge in [0.15, 0.2) is 0 Å². The molecular formula is C25H35NO2. The van der Waals surface area contributed by atoms with Crippen LogP contribution < -0.4 is 5.32 Å². The van der Waals surface area contributed by atoms with E-state index in [-0.39, 0.29) is 17.7 Å². The minimum atomic E-state index is -0.311. The monoisotopic (exact) mass is 381 g/mol. The molecule has 5 unspecified atom stereocenters. The highest BCUT2D eigenvalue weighted by Crippen LogP contribution is 2.47. The van der Waals surface area contributed by atoms with Crippen molar-refractivity contribution in [2.75, 3.05) is 0 Å². The predicted molar refractivity (Wildman–Crippen MR) is 114 cm³/mol. The largest absolute Gasteiger partial charge is 0.446 e. The Labute approximate surface area is 170 Å². The van der Waals surface area contributed by atoms with E-state index in [1.54, 1.807) is 0 Å². The lowest BCUT2D eigenvalue weighted by atomic mass is 9.63. The van der Waals surface area contributed by atoms with E-state index < -0.39 is 0 Å². The van der Waals surface area contributed by atoms with E-state index in [9.17, 15) is 4.79 Å². The summed E-state index contributed by atoms with van der Waals surface area (Å²) in [6.45, 7) is 6.79. The van der Waals surface area contributed by atoms with Crippen LogP contribution in [0.4, 0.5) is 4.79 Å². The van der Waals surface area contributed by atoms with Gasteiger partial charge in [0.1, 0.15) is 6.10 Å². The van der Waals surface area contributed by atoms with Crippen LogP contribution in [0.1, 0.15) is 65.7 Å². The Balaban J connectivity index is 1.54. The van der Waals surface area contributed by atoms with Crippen molar-refractivity contribution < 1.29 is 9.53 Å².